The van der Waals surface area contributed by atoms with E-state index in [1.807, 2.05) is 0 Å². The van der Waals surface area contributed by atoms with Crippen molar-refractivity contribution in [2.45, 2.75) is 45.7 Å². The van der Waals surface area contributed by atoms with E-state index in [4.69, 9.17) is 18.9 Å². The molecule has 3 N–H and O–H groups in total. The molecular formula is C25H40N4O10. The largest absolute Gasteiger partial charge is 0.379 e. The third-order valence-electron chi connectivity index (χ3n) is 5.36. The van der Waals surface area contributed by atoms with Crippen molar-refractivity contribution in [3.05, 3.63) is 12.2 Å². The van der Waals surface area contributed by atoms with Crippen LogP contribution in [0.1, 0.15) is 33.6 Å². The summed E-state index contributed by atoms with van der Waals surface area (Å²) in [7, 11) is 0. The van der Waals surface area contributed by atoms with Gasteiger partial charge in [-0.15, -0.1) is 0 Å². The van der Waals surface area contributed by atoms with Crippen LogP contribution in [0.15, 0.2) is 12.2 Å². The van der Waals surface area contributed by atoms with Crippen LogP contribution in [-0.4, -0.2) is 118 Å². The quantitative estimate of drug-likeness (QED) is 0.105. The number of carbonyl (C=O) groups excluding carboxylic acids is 6. The van der Waals surface area contributed by atoms with E-state index < -0.39 is 29.8 Å². The predicted molar refractivity (Wildman–Crippen MR) is 137 cm³/mol. The van der Waals surface area contributed by atoms with E-state index in [2.05, 4.69) is 16.0 Å². The summed E-state index contributed by atoms with van der Waals surface area (Å²) in [5.41, 5.74) is 0. The SMILES string of the molecule is CC(=O)[C@H](C)NC(=O)[C@H](C)NC(=O)CCOCCOCCOCCOCCNC(=O)CCN1C(=O)C=CC1=O. The lowest BCUT2D eigenvalue weighted by Gasteiger charge is -2.16. The Balaban J connectivity index is 1.85. The van der Waals surface area contributed by atoms with Crippen molar-refractivity contribution in [1.82, 2.24) is 20.9 Å². The first kappa shape index (κ1) is 33.8. The van der Waals surface area contributed by atoms with Crippen LogP contribution in [0.2, 0.25) is 0 Å². The van der Waals surface area contributed by atoms with Crippen molar-refractivity contribution < 1.29 is 47.7 Å². The molecule has 0 fully saturated rings. The molecule has 1 rings (SSSR count). The number of nitrogens with zero attached hydrogens (tertiary/aromatic N) is 1. The maximum absolute atomic E-state index is 11.9. The molecule has 220 valence electrons. The van der Waals surface area contributed by atoms with E-state index in [1.165, 1.54) is 26.0 Å². The summed E-state index contributed by atoms with van der Waals surface area (Å²) < 4.78 is 21.4. The van der Waals surface area contributed by atoms with Gasteiger partial charge in [-0.3, -0.25) is 33.7 Å². The predicted octanol–water partition coefficient (Wildman–Crippen LogP) is -1.53. The van der Waals surface area contributed by atoms with Gasteiger partial charge in [0.15, 0.2) is 5.78 Å². The van der Waals surface area contributed by atoms with Gasteiger partial charge in [-0.25, -0.2) is 0 Å². The van der Waals surface area contributed by atoms with Gasteiger partial charge in [-0.2, -0.15) is 0 Å². The summed E-state index contributed by atoms with van der Waals surface area (Å²) in [5.74, 6) is -2.03. The van der Waals surface area contributed by atoms with Gasteiger partial charge in [-0.1, -0.05) is 0 Å². The Morgan fingerprint density at radius 1 is 0.718 bits per heavy atom. The van der Waals surface area contributed by atoms with Crippen LogP contribution < -0.4 is 16.0 Å². The topological polar surface area (TPSA) is 179 Å². The summed E-state index contributed by atoms with van der Waals surface area (Å²) in [6.45, 7) is 7.39. The molecule has 0 saturated carbocycles. The first-order valence-corrected chi connectivity index (χ1v) is 12.8. The van der Waals surface area contributed by atoms with Gasteiger partial charge in [0.2, 0.25) is 17.7 Å². The fraction of sp³-hybridized carbons (Fsp3) is 0.680. The summed E-state index contributed by atoms with van der Waals surface area (Å²) >= 11 is 0. The molecule has 5 amide bonds. The van der Waals surface area contributed by atoms with Crippen LogP contribution in [0.5, 0.6) is 0 Å². The number of hydrogen-bond donors (Lipinski definition) is 3. The number of Topliss-reactive ketones (excluding diaryl/α,β-unsaturated/α-hetero) is 1. The third kappa shape index (κ3) is 15.7. The Morgan fingerprint density at radius 3 is 1.77 bits per heavy atom. The lowest BCUT2D eigenvalue weighted by Crippen LogP contribution is -2.49. The first-order chi connectivity index (χ1) is 18.6. The normalized spacial score (nSPS) is 14.3. The number of amides is 5. The molecule has 1 heterocycles. The van der Waals surface area contributed by atoms with Gasteiger partial charge in [0.05, 0.1) is 58.9 Å². The highest BCUT2D eigenvalue weighted by molar-refractivity contribution is 6.13. The zero-order valence-electron chi connectivity index (χ0n) is 22.8. The number of imide groups is 1. The summed E-state index contributed by atoms with van der Waals surface area (Å²) in [6, 6.07) is -1.37. The van der Waals surface area contributed by atoms with Crippen LogP contribution >= 0.6 is 0 Å². The van der Waals surface area contributed by atoms with Gasteiger partial charge in [-0.05, 0) is 20.8 Å². The molecule has 0 aliphatic carbocycles. The van der Waals surface area contributed by atoms with Crippen LogP contribution in [0.25, 0.3) is 0 Å². The zero-order valence-corrected chi connectivity index (χ0v) is 22.8. The number of carbonyl (C=O) groups is 6. The summed E-state index contributed by atoms with van der Waals surface area (Å²) in [5, 5.41) is 7.72. The van der Waals surface area contributed by atoms with E-state index in [0.717, 1.165) is 4.90 Å². The Hall–Kier alpha value is -3.20. The van der Waals surface area contributed by atoms with Crippen molar-refractivity contribution in [3.8, 4) is 0 Å². The van der Waals surface area contributed by atoms with Gasteiger partial charge < -0.3 is 34.9 Å². The number of ether oxygens (including phenoxy) is 4. The fourth-order valence-electron chi connectivity index (χ4n) is 2.96. The number of ketones is 1. The van der Waals surface area contributed by atoms with Crippen molar-refractivity contribution in [2.24, 2.45) is 0 Å². The fourth-order valence-corrected chi connectivity index (χ4v) is 2.96. The second kappa shape index (κ2) is 19.8. The van der Waals surface area contributed by atoms with Crippen LogP contribution in [0, 0.1) is 0 Å². The van der Waals surface area contributed by atoms with Crippen molar-refractivity contribution >= 4 is 35.3 Å². The molecule has 2 atom stereocenters. The van der Waals surface area contributed by atoms with Gasteiger partial charge in [0.1, 0.15) is 6.04 Å². The van der Waals surface area contributed by atoms with Crippen LogP contribution in [0.3, 0.4) is 0 Å². The highest BCUT2D eigenvalue weighted by Gasteiger charge is 2.23. The van der Waals surface area contributed by atoms with E-state index >= 15 is 0 Å². The smallest absolute Gasteiger partial charge is 0.253 e. The lowest BCUT2D eigenvalue weighted by molar-refractivity contribution is -0.137. The second-order valence-electron chi connectivity index (χ2n) is 8.59. The van der Waals surface area contributed by atoms with E-state index in [-0.39, 0.29) is 43.6 Å². The standard InChI is InChI=1S/C25H40N4O10/c1-18(20(3)30)28-25(35)19(2)27-22(32)7-10-36-12-14-38-16-17-39-15-13-37-11-8-26-21(31)6-9-29-23(33)4-5-24(29)34/h4-5,18-19H,6-17H2,1-3H3,(H,26,31)(H,27,32)(H,28,35)/t18-,19-/m0/s1. The number of nitrogens with one attached hydrogen (secondary N) is 3. The van der Waals surface area contributed by atoms with Crippen molar-refractivity contribution in [1.29, 1.82) is 0 Å². The van der Waals surface area contributed by atoms with E-state index in [9.17, 15) is 28.8 Å². The Bertz CT molecular complexity index is 846. The number of hydrogen-bond acceptors (Lipinski definition) is 10. The molecule has 0 unspecified atom stereocenters. The lowest BCUT2D eigenvalue weighted by atomic mass is 10.2. The van der Waals surface area contributed by atoms with Gasteiger partial charge in [0, 0.05) is 38.1 Å². The average Bonchev–Trinajstić information content (AvgIpc) is 3.21. The average molecular weight is 557 g/mol. The molecule has 0 aromatic carbocycles. The van der Waals surface area contributed by atoms with Crippen LogP contribution in [0.4, 0.5) is 0 Å². The molecule has 0 saturated heterocycles. The molecule has 39 heavy (non-hydrogen) atoms. The third-order valence-corrected chi connectivity index (χ3v) is 5.36. The Kier molecular flexibility index (Phi) is 17.2. The molecule has 14 nitrogen and oxygen atoms in total. The highest BCUT2D eigenvalue weighted by atomic mass is 16.6. The first-order valence-electron chi connectivity index (χ1n) is 12.8. The zero-order chi connectivity index (χ0) is 29.0. The molecule has 0 spiro atoms. The monoisotopic (exact) mass is 556 g/mol. The summed E-state index contributed by atoms with van der Waals surface area (Å²) in [4.78, 5) is 70.5. The van der Waals surface area contributed by atoms with Crippen molar-refractivity contribution in [2.75, 3.05) is 65.9 Å². The molecule has 1 aliphatic heterocycles. The highest BCUT2D eigenvalue weighted by Crippen LogP contribution is 2.03. The Labute approximate surface area is 228 Å². The van der Waals surface area contributed by atoms with Gasteiger partial charge >= 0.3 is 0 Å². The van der Waals surface area contributed by atoms with Crippen molar-refractivity contribution in [3.63, 3.8) is 0 Å². The molecule has 1 aliphatic rings. The maximum Gasteiger partial charge on any atom is 0.253 e. The molecule has 0 bridgehead atoms. The molecule has 0 aromatic heterocycles. The molecular weight excluding hydrogens is 516 g/mol. The minimum atomic E-state index is -0.760. The van der Waals surface area contributed by atoms with E-state index in [1.54, 1.807) is 6.92 Å². The van der Waals surface area contributed by atoms with E-state index in [0.29, 0.717) is 52.8 Å². The maximum atomic E-state index is 11.9. The summed E-state index contributed by atoms with van der Waals surface area (Å²) in [6.07, 6.45) is 2.48. The van der Waals surface area contributed by atoms with Crippen LogP contribution in [-0.2, 0) is 47.7 Å². The molecule has 0 radical (unpaired) electrons. The van der Waals surface area contributed by atoms with Gasteiger partial charge in [0.25, 0.3) is 11.8 Å². The molecule has 0 aromatic rings. The minimum Gasteiger partial charge on any atom is -0.379 e. The molecule has 14 heteroatoms. The minimum absolute atomic E-state index is 0.0332. The second-order valence-corrected chi connectivity index (χ2v) is 8.59. The number of rotatable bonds is 22. The Morgan fingerprint density at radius 2 is 1.23 bits per heavy atom.